The number of rotatable bonds is 2. The van der Waals surface area contributed by atoms with Crippen molar-refractivity contribution in [3.8, 4) is 6.07 Å². The fourth-order valence-electron chi connectivity index (χ4n) is 1.48. The molecule has 1 amide bonds. The number of piperazine rings is 1. The summed E-state index contributed by atoms with van der Waals surface area (Å²) in [6.45, 7) is 8.27. The van der Waals surface area contributed by atoms with E-state index >= 15 is 0 Å². The van der Waals surface area contributed by atoms with Gasteiger partial charge in [-0.25, -0.2) is 0 Å². The lowest BCUT2D eigenvalue weighted by Gasteiger charge is -2.32. The van der Waals surface area contributed by atoms with Gasteiger partial charge < -0.3 is 10.2 Å². The van der Waals surface area contributed by atoms with Crippen LogP contribution in [-0.2, 0) is 4.79 Å². The third kappa shape index (κ3) is 4.03. The quantitative estimate of drug-likeness (QED) is 0.778. The van der Waals surface area contributed by atoms with Gasteiger partial charge in [-0.2, -0.15) is 5.26 Å². The summed E-state index contributed by atoms with van der Waals surface area (Å²) in [4.78, 5) is 13.6. The van der Waals surface area contributed by atoms with Gasteiger partial charge in [-0.3, -0.25) is 4.79 Å². The van der Waals surface area contributed by atoms with E-state index in [2.05, 4.69) is 32.2 Å². The molecule has 1 aliphatic heterocycles. The lowest BCUT2D eigenvalue weighted by atomic mass is 10.2. The maximum Gasteiger partial charge on any atom is 0.233 e. The fraction of sp³-hybridized carbons (Fsp3) is 0.818. The predicted molar refractivity (Wildman–Crippen MR) is 66.2 cm³/mol. The second-order valence-corrected chi connectivity index (χ2v) is 6.64. The molecule has 1 atom stereocenters. The molecule has 0 radical (unpaired) electrons. The van der Waals surface area contributed by atoms with E-state index in [0.717, 1.165) is 6.54 Å². The number of thioether (sulfide) groups is 1. The molecule has 1 rings (SSSR count). The first kappa shape index (κ1) is 13.3. The Morgan fingerprint density at radius 3 is 2.88 bits per heavy atom. The van der Waals surface area contributed by atoms with E-state index in [1.807, 2.05) is 0 Å². The summed E-state index contributed by atoms with van der Waals surface area (Å²) in [5.41, 5.74) is 0. The van der Waals surface area contributed by atoms with Crippen LogP contribution in [0.1, 0.15) is 20.8 Å². The lowest BCUT2D eigenvalue weighted by Crippen LogP contribution is -2.53. The van der Waals surface area contributed by atoms with Crippen molar-refractivity contribution < 1.29 is 4.79 Å². The van der Waals surface area contributed by atoms with Gasteiger partial charge in [-0.05, 0) is 0 Å². The first-order chi connectivity index (χ1) is 7.44. The van der Waals surface area contributed by atoms with Crippen LogP contribution < -0.4 is 5.32 Å². The molecule has 0 aromatic heterocycles. The van der Waals surface area contributed by atoms with Gasteiger partial charge in [0, 0.05) is 24.4 Å². The van der Waals surface area contributed by atoms with Crippen LogP contribution >= 0.6 is 11.8 Å². The molecule has 1 heterocycles. The molecule has 90 valence electrons. The summed E-state index contributed by atoms with van der Waals surface area (Å²) in [6, 6.07) is 1.86. The van der Waals surface area contributed by atoms with Crippen LogP contribution in [0, 0.1) is 11.3 Å². The number of carbonyl (C=O) groups is 1. The van der Waals surface area contributed by atoms with E-state index in [0.29, 0.717) is 18.8 Å². The summed E-state index contributed by atoms with van der Waals surface area (Å²) in [5.74, 6) is 0.537. The Bertz CT molecular complexity index is 293. The van der Waals surface area contributed by atoms with Crippen molar-refractivity contribution in [1.82, 2.24) is 10.2 Å². The van der Waals surface area contributed by atoms with E-state index in [9.17, 15) is 4.79 Å². The van der Waals surface area contributed by atoms with Gasteiger partial charge in [0.05, 0.1) is 11.8 Å². The zero-order chi connectivity index (χ0) is 12.2. The highest BCUT2D eigenvalue weighted by Gasteiger charge is 2.27. The predicted octanol–water partition coefficient (Wildman–Crippen LogP) is 0.842. The summed E-state index contributed by atoms with van der Waals surface area (Å²) in [7, 11) is 0. The number of hydrogen-bond acceptors (Lipinski definition) is 4. The fourth-order valence-corrected chi connectivity index (χ4v) is 2.20. The number of nitrogens with zero attached hydrogens (tertiary/aromatic N) is 2. The Labute approximate surface area is 101 Å². The van der Waals surface area contributed by atoms with Crippen LogP contribution in [0.5, 0.6) is 0 Å². The molecular weight excluding hydrogens is 222 g/mol. The smallest absolute Gasteiger partial charge is 0.233 e. The molecule has 0 spiro atoms. The van der Waals surface area contributed by atoms with E-state index in [-0.39, 0.29) is 16.7 Å². The second kappa shape index (κ2) is 5.55. The number of nitrogens with one attached hydrogen (secondary N) is 1. The van der Waals surface area contributed by atoms with Gasteiger partial charge in [0.15, 0.2) is 0 Å². The Kier molecular flexibility index (Phi) is 4.63. The molecule has 0 bridgehead atoms. The molecule has 0 saturated carbocycles. The van der Waals surface area contributed by atoms with Gasteiger partial charge in [0.1, 0.15) is 6.04 Å². The van der Waals surface area contributed by atoms with Crippen molar-refractivity contribution in [3.63, 3.8) is 0 Å². The average molecular weight is 241 g/mol. The highest BCUT2D eigenvalue weighted by Crippen LogP contribution is 2.23. The van der Waals surface area contributed by atoms with Crippen molar-refractivity contribution in [2.45, 2.75) is 31.6 Å². The first-order valence-corrected chi connectivity index (χ1v) is 6.46. The minimum absolute atomic E-state index is 0.0768. The topological polar surface area (TPSA) is 56.1 Å². The molecule has 1 aliphatic rings. The van der Waals surface area contributed by atoms with Crippen molar-refractivity contribution in [3.05, 3.63) is 0 Å². The summed E-state index contributed by atoms with van der Waals surface area (Å²) < 4.78 is 0.0891. The SMILES string of the molecule is CC(C)(C)SCC(=O)N1CCNCC1C#N. The number of carbonyl (C=O) groups excluding carboxylic acids is 1. The Hall–Kier alpha value is -0.730. The zero-order valence-corrected chi connectivity index (χ0v) is 10.9. The molecule has 1 saturated heterocycles. The Morgan fingerprint density at radius 1 is 1.62 bits per heavy atom. The summed E-state index contributed by atoms with van der Waals surface area (Å²) in [5, 5.41) is 12.1. The number of nitriles is 1. The maximum atomic E-state index is 11.9. The summed E-state index contributed by atoms with van der Waals surface area (Å²) >= 11 is 1.63. The van der Waals surface area contributed by atoms with Crippen LogP contribution in [0.15, 0.2) is 0 Å². The van der Waals surface area contributed by atoms with Crippen molar-refractivity contribution >= 4 is 17.7 Å². The minimum Gasteiger partial charge on any atom is -0.323 e. The van der Waals surface area contributed by atoms with Gasteiger partial charge in [0.2, 0.25) is 5.91 Å². The Balaban J connectivity index is 2.49. The summed E-state index contributed by atoms with van der Waals surface area (Å²) in [6.07, 6.45) is 0. The van der Waals surface area contributed by atoms with Gasteiger partial charge in [0.25, 0.3) is 0 Å². The molecule has 4 nitrogen and oxygen atoms in total. The number of amides is 1. The third-order valence-corrected chi connectivity index (χ3v) is 3.60. The molecule has 0 aliphatic carbocycles. The van der Waals surface area contributed by atoms with E-state index in [1.54, 1.807) is 16.7 Å². The van der Waals surface area contributed by atoms with E-state index in [1.165, 1.54) is 0 Å². The molecule has 5 heteroatoms. The molecule has 1 unspecified atom stereocenters. The molecule has 0 aromatic rings. The monoisotopic (exact) mass is 241 g/mol. The molecule has 1 N–H and O–H groups in total. The maximum absolute atomic E-state index is 11.9. The standard InChI is InChI=1S/C11H19N3OS/c1-11(2,3)16-8-10(15)14-5-4-13-7-9(14)6-12/h9,13H,4-5,7-8H2,1-3H3. The highest BCUT2D eigenvalue weighted by molar-refractivity contribution is 8.01. The van der Waals surface area contributed by atoms with E-state index < -0.39 is 0 Å². The molecule has 0 aromatic carbocycles. The lowest BCUT2D eigenvalue weighted by molar-refractivity contribution is -0.130. The normalized spacial score (nSPS) is 21.6. The molecule has 16 heavy (non-hydrogen) atoms. The highest BCUT2D eigenvalue weighted by atomic mass is 32.2. The van der Waals surface area contributed by atoms with Gasteiger partial charge in [-0.15, -0.1) is 11.8 Å². The van der Waals surface area contributed by atoms with Crippen molar-refractivity contribution in [2.75, 3.05) is 25.4 Å². The third-order valence-electron chi connectivity index (χ3n) is 2.34. The average Bonchev–Trinajstić information content (AvgIpc) is 2.25. The van der Waals surface area contributed by atoms with E-state index in [4.69, 9.17) is 5.26 Å². The first-order valence-electron chi connectivity index (χ1n) is 5.48. The van der Waals surface area contributed by atoms with Crippen LogP contribution in [0.4, 0.5) is 0 Å². The molecule has 1 fully saturated rings. The van der Waals surface area contributed by atoms with Crippen LogP contribution in [0.3, 0.4) is 0 Å². The van der Waals surface area contributed by atoms with Crippen LogP contribution in [-0.4, -0.2) is 47.0 Å². The van der Waals surface area contributed by atoms with Crippen molar-refractivity contribution in [2.24, 2.45) is 0 Å². The molecular formula is C11H19N3OS. The van der Waals surface area contributed by atoms with Gasteiger partial charge in [-0.1, -0.05) is 20.8 Å². The van der Waals surface area contributed by atoms with Crippen LogP contribution in [0.25, 0.3) is 0 Å². The Morgan fingerprint density at radius 2 is 2.31 bits per heavy atom. The second-order valence-electron chi connectivity index (χ2n) is 4.84. The largest absolute Gasteiger partial charge is 0.323 e. The number of hydrogen-bond donors (Lipinski definition) is 1. The van der Waals surface area contributed by atoms with Crippen molar-refractivity contribution in [1.29, 1.82) is 5.26 Å². The minimum atomic E-state index is -0.304. The van der Waals surface area contributed by atoms with Gasteiger partial charge >= 0.3 is 0 Å². The zero-order valence-electron chi connectivity index (χ0n) is 10.1. The van der Waals surface area contributed by atoms with Crippen LogP contribution in [0.2, 0.25) is 0 Å².